The van der Waals surface area contributed by atoms with Crippen molar-refractivity contribution in [3.8, 4) is 11.8 Å². The maximum atomic E-state index is 12.3. The molecule has 2 rings (SSSR count). The van der Waals surface area contributed by atoms with Crippen molar-refractivity contribution in [1.82, 2.24) is 5.32 Å². The minimum atomic E-state index is -0.0387. The molecule has 0 radical (unpaired) electrons. The third-order valence-corrected chi connectivity index (χ3v) is 3.94. The van der Waals surface area contributed by atoms with Crippen molar-refractivity contribution in [2.24, 2.45) is 5.73 Å². The molecule has 1 amide bonds. The van der Waals surface area contributed by atoms with Gasteiger partial charge in [-0.25, -0.2) is 0 Å². The molecule has 0 aromatic heterocycles. The number of hydrogen-bond acceptors (Lipinski definition) is 2. The van der Waals surface area contributed by atoms with E-state index in [1.54, 1.807) is 0 Å². The Hall–Kier alpha value is -1.79. The van der Waals surface area contributed by atoms with Gasteiger partial charge in [-0.05, 0) is 50.5 Å². The zero-order chi connectivity index (χ0) is 14.6. The number of benzene rings is 1. The first-order chi connectivity index (χ1) is 9.54. The first-order valence-corrected chi connectivity index (χ1v) is 7.16. The summed E-state index contributed by atoms with van der Waals surface area (Å²) >= 11 is 0. The van der Waals surface area contributed by atoms with E-state index < -0.39 is 0 Å². The molecule has 0 unspecified atom stereocenters. The van der Waals surface area contributed by atoms with Crippen LogP contribution in [-0.2, 0) is 0 Å². The topological polar surface area (TPSA) is 55.1 Å². The van der Waals surface area contributed by atoms with Crippen LogP contribution in [0.15, 0.2) is 18.2 Å². The number of amides is 1. The van der Waals surface area contributed by atoms with Crippen LogP contribution in [0.25, 0.3) is 0 Å². The summed E-state index contributed by atoms with van der Waals surface area (Å²) in [5.41, 5.74) is 7.98. The van der Waals surface area contributed by atoms with Crippen LogP contribution >= 0.6 is 0 Å². The summed E-state index contributed by atoms with van der Waals surface area (Å²) in [4.78, 5) is 12.3. The van der Waals surface area contributed by atoms with Crippen molar-refractivity contribution >= 4 is 5.91 Å². The van der Waals surface area contributed by atoms with E-state index in [0.717, 1.165) is 24.0 Å². The van der Waals surface area contributed by atoms with Gasteiger partial charge in [-0.2, -0.15) is 0 Å². The second-order valence-corrected chi connectivity index (χ2v) is 5.76. The fourth-order valence-electron chi connectivity index (χ4n) is 2.72. The lowest BCUT2D eigenvalue weighted by Gasteiger charge is -2.25. The monoisotopic (exact) mass is 270 g/mol. The van der Waals surface area contributed by atoms with Crippen LogP contribution in [0.5, 0.6) is 0 Å². The number of carbonyl (C=O) groups is 1. The summed E-state index contributed by atoms with van der Waals surface area (Å²) in [6.07, 6.45) is 4.53. The molecule has 0 bridgehead atoms. The van der Waals surface area contributed by atoms with E-state index in [2.05, 4.69) is 24.1 Å². The number of rotatable bonds is 2. The van der Waals surface area contributed by atoms with Gasteiger partial charge in [0.05, 0.1) is 6.54 Å². The lowest BCUT2D eigenvalue weighted by Crippen LogP contribution is -2.43. The van der Waals surface area contributed by atoms with Gasteiger partial charge >= 0.3 is 0 Å². The van der Waals surface area contributed by atoms with Crippen LogP contribution in [0.4, 0.5) is 0 Å². The highest BCUT2D eigenvalue weighted by Gasteiger charge is 2.30. The Kier molecular flexibility index (Phi) is 4.46. The molecule has 1 aliphatic carbocycles. The number of aryl methyl sites for hydroxylation is 1. The maximum Gasteiger partial charge on any atom is 0.251 e. The second kappa shape index (κ2) is 6.11. The highest BCUT2D eigenvalue weighted by Crippen LogP contribution is 2.29. The highest BCUT2D eigenvalue weighted by atomic mass is 16.1. The van der Waals surface area contributed by atoms with E-state index in [4.69, 9.17) is 5.73 Å². The van der Waals surface area contributed by atoms with E-state index in [1.807, 2.05) is 25.1 Å². The van der Waals surface area contributed by atoms with Gasteiger partial charge in [-0.1, -0.05) is 24.7 Å². The molecule has 1 aliphatic rings. The Labute approximate surface area is 120 Å². The van der Waals surface area contributed by atoms with Crippen LogP contribution in [0, 0.1) is 18.8 Å². The highest BCUT2D eigenvalue weighted by molar-refractivity contribution is 5.95. The molecule has 1 fully saturated rings. The predicted molar refractivity (Wildman–Crippen MR) is 81.5 cm³/mol. The van der Waals surface area contributed by atoms with Gasteiger partial charge in [0, 0.05) is 16.7 Å². The van der Waals surface area contributed by atoms with Gasteiger partial charge in [0.15, 0.2) is 0 Å². The molecule has 0 saturated heterocycles. The zero-order valence-corrected chi connectivity index (χ0v) is 12.3. The number of hydrogen-bond donors (Lipinski definition) is 2. The Morgan fingerprint density at radius 1 is 1.40 bits per heavy atom. The van der Waals surface area contributed by atoms with Crippen molar-refractivity contribution in [1.29, 1.82) is 0 Å². The zero-order valence-electron chi connectivity index (χ0n) is 12.3. The lowest BCUT2D eigenvalue weighted by atomic mass is 9.99. The fraction of sp³-hybridized carbons (Fsp3) is 0.471. The third-order valence-electron chi connectivity index (χ3n) is 3.94. The summed E-state index contributed by atoms with van der Waals surface area (Å²) in [6, 6.07) is 5.62. The molecule has 1 saturated carbocycles. The molecule has 20 heavy (non-hydrogen) atoms. The Morgan fingerprint density at radius 3 is 2.70 bits per heavy atom. The van der Waals surface area contributed by atoms with Gasteiger partial charge in [0.25, 0.3) is 5.91 Å². The van der Waals surface area contributed by atoms with Crippen LogP contribution in [0.2, 0.25) is 0 Å². The summed E-state index contributed by atoms with van der Waals surface area (Å²) < 4.78 is 0. The molecule has 106 valence electrons. The lowest BCUT2D eigenvalue weighted by molar-refractivity contribution is 0.0908. The minimum absolute atomic E-state index is 0.0100. The molecular formula is C17H22N2O. The van der Waals surface area contributed by atoms with Crippen molar-refractivity contribution in [3.05, 3.63) is 34.9 Å². The first kappa shape index (κ1) is 14.6. The van der Waals surface area contributed by atoms with Crippen LogP contribution in [-0.4, -0.2) is 18.0 Å². The summed E-state index contributed by atoms with van der Waals surface area (Å²) in [7, 11) is 0. The third kappa shape index (κ3) is 3.40. The van der Waals surface area contributed by atoms with Crippen molar-refractivity contribution in [3.63, 3.8) is 0 Å². The van der Waals surface area contributed by atoms with Crippen LogP contribution < -0.4 is 11.1 Å². The smallest absolute Gasteiger partial charge is 0.251 e. The summed E-state index contributed by atoms with van der Waals surface area (Å²) in [5.74, 6) is 5.86. The van der Waals surface area contributed by atoms with E-state index in [9.17, 15) is 4.79 Å². The van der Waals surface area contributed by atoms with Crippen molar-refractivity contribution in [2.75, 3.05) is 6.54 Å². The van der Waals surface area contributed by atoms with Gasteiger partial charge in [0.1, 0.15) is 0 Å². The van der Waals surface area contributed by atoms with Gasteiger partial charge in [-0.15, -0.1) is 0 Å². The van der Waals surface area contributed by atoms with Gasteiger partial charge < -0.3 is 11.1 Å². The van der Waals surface area contributed by atoms with E-state index in [1.165, 1.54) is 12.8 Å². The Bertz CT molecular complexity index is 560. The molecule has 3 N–H and O–H groups in total. The summed E-state index contributed by atoms with van der Waals surface area (Å²) in [6.45, 7) is 4.44. The summed E-state index contributed by atoms with van der Waals surface area (Å²) in [5, 5.41) is 3.17. The van der Waals surface area contributed by atoms with E-state index in [0.29, 0.717) is 12.1 Å². The molecule has 0 atom stereocenters. The maximum absolute atomic E-state index is 12.3. The van der Waals surface area contributed by atoms with Crippen LogP contribution in [0.1, 0.15) is 54.1 Å². The largest absolute Gasteiger partial charge is 0.347 e. The number of nitrogens with two attached hydrogens (primary N) is 1. The van der Waals surface area contributed by atoms with E-state index in [-0.39, 0.29) is 11.4 Å². The molecule has 1 aromatic carbocycles. The number of nitrogens with one attached hydrogen (secondary N) is 1. The second-order valence-electron chi connectivity index (χ2n) is 5.76. The standard InChI is InChI=1S/C17H22N2O/c1-13-12-15(8-7-14(13)6-5-11-18)16(20)19-17(2)9-3-4-10-17/h7-8,12H,3-4,9-11,18H2,1-2H3,(H,19,20). The Balaban J connectivity index is 2.13. The molecular weight excluding hydrogens is 248 g/mol. The first-order valence-electron chi connectivity index (χ1n) is 7.16. The average molecular weight is 270 g/mol. The van der Waals surface area contributed by atoms with Gasteiger partial charge in [0.2, 0.25) is 0 Å². The Morgan fingerprint density at radius 2 is 2.10 bits per heavy atom. The predicted octanol–water partition coefficient (Wildman–Crippen LogP) is 2.37. The minimum Gasteiger partial charge on any atom is -0.347 e. The van der Waals surface area contributed by atoms with Gasteiger partial charge in [-0.3, -0.25) is 4.79 Å². The molecule has 0 spiro atoms. The fourth-order valence-corrected chi connectivity index (χ4v) is 2.72. The van der Waals surface area contributed by atoms with Crippen molar-refractivity contribution in [2.45, 2.75) is 45.1 Å². The van der Waals surface area contributed by atoms with E-state index >= 15 is 0 Å². The molecule has 0 heterocycles. The normalized spacial score (nSPS) is 16.4. The number of carbonyl (C=O) groups excluding carboxylic acids is 1. The van der Waals surface area contributed by atoms with Crippen molar-refractivity contribution < 1.29 is 4.79 Å². The molecule has 0 aliphatic heterocycles. The van der Waals surface area contributed by atoms with Crippen LogP contribution in [0.3, 0.4) is 0 Å². The quantitative estimate of drug-likeness (QED) is 0.811. The molecule has 3 nitrogen and oxygen atoms in total. The SMILES string of the molecule is Cc1cc(C(=O)NC2(C)CCCC2)ccc1C#CCN. The molecule has 1 aromatic rings. The molecule has 3 heteroatoms. The average Bonchev–Trinajstić information content (AvgIpc) is 2.83.